The summed E-state index contributed by atoms with van der Waals surface area (Å²) in [6.45, 7) is 4.29. The van der Waals surface area contributed by atoms with E-state index >= 15 is 0 Å². The monoisotopic (exact) mass is 321 g/mol. The summed E-state index contributed by atoms with van der Waals surface area (Å²) in [5.74, 6) is 0.892. The predicted octanol–water partition coefficient (Wildman–Crippen LogP) is 3.64. The molecular formula is C16H20ClN3O2. The topological polar surface area (TPSA) is 60.1 Å². The van der Waals surface area contributed by atoms with Crippen LogP contribution < -0.4 is 4.74 Å². The predicted molar refractivity (Wildman–Crippen MR) is 90.5 cm³/mol. The molecule has 118 valence electrons. The zero-order chi connectivity index (χ0) is 15.2. The van der Waals surface area contributed by atoms with Crippen molar-refractivity contribution in [3.05, 3.63) is 48.1 Å². The summed E-state index contributed by atoms with van der Waals surface area (Å²) in [5, 5.41) is 7.56. The summed E-state index contributed by atoms with van der Waals surface area (Å²) < 4.78 is 12.4. The SMILES string of the molecule is CCOC(=N)/C=C/c1ccc(-n2cnc(C)c2)c(OC)c1.Cl. The Morgan fingerprint density at radius 1 is 1.41 bits per heavy atom. The van der Waals surface area contributed by atoms with Gasteiger partial charge < -0.3 is 14.0 Å². The Labute approximate surface area is 136 Å². The van der Waals surface area contributed by atoms with Crippen molar-refractivity contribution in [2.75, 3.05) is 13.7 Å². The Morgan fingerprint density at radius 3 is 2.77 bits per heavy atom. The van der Waals surface area contributed by atoms with Crippen LogP contribution in [0.3, 0.4) is 0 Å². The van der Waals surface area contributed by atoms with Crippen molar-refractivity contribution in [2.24, 2.45) is 0 Å². The van der Waals surface area contributed by atoms with E-state index in [9.17, 15) is 0 Å². The van der Waals surface area contributed by atoms with Crippen LogP contribution >= 0.6 is 12.4 Å². The molecule has 0 aliphatic rings. The summed E-state index contributed by atoms with van der Waals surface area (Å²) in [6.07, 6.45) is 7.15. The molecule has 0 aliphatic heterocycles. The molecule has 0 saturated carbocycles. The van der Waals surface area contributed by atoms with Gasteiger partial charge in [0.05, 0.1) is 31.4 Å². The van der Waals surface area contributed by atoms with Gasteiger partial charge in [0, 0.05) is 12.3 Å². The molecular weight excluding hydrogens is 302 g/mol. The molecule has 0 radical (unpaired) electrons. The summed E-state index contributed by atoms with van der Waals surface area (Å²) in [4.78, 5) is 4.22. The van der Waals surface area contributed by atoms with Gasteiger partial charge in [-0.3, -0.25) is 5.41 Å². The average molecular weight is 322 g/mol. The number of hydrogen-bond donors (Lipinski definition) is 1. The highest BCUT2D eigenvalue weighted by atomic mass is 35.5. The van der Waals surface area contributed by atoms with Crippen LogP contribution in [0.4, 0.5) is 0 Å². The van der Waals surface area contributed by atoms with Crippen LogP contribution in [0.1, 0.15) is 18.2 Å². The average Bonchev–Trinajstić information content (AvgIpc) is 2.91. The van der Waals surface area contributed by atoms with Crippen LogP contribution in [0, 0.1) is 12.3 Å². The van der Waals surface area contributed by atoms with Gasteiger partial charge in [0.25, 0.3) is 0 Å². The van der Waals surface area contributed by atoms with Crippen molar-refractivity contribution >= 4 is 24.4 Å². The molecule has 22 heavy (non-hydrogen) atoms. The molecule has 0 fully saturated rings. The maximum absolute atomic E-state index is 7.56. The van der Waals surface area contributed by atoms with E-state index in [1.54, 1.807) is 19.5 Å². The minimum absolute atomic E-state index is 0. The zero-order valence-corrected chi connectivity index (χ0v) is 13.7. The molecule has 0 atom stereocenters. The Kier molecular flexibility index (Phi) is 6.66. The van der Waals surface area contributed by atoms with E-state index in [2.05, 4.69) is 4.98 Å². The van der Waals surface area contributed by atoms with Gasteiger partial charge >= 0.3 is 0 Å². The van der Waals surface area contributed by atoms with Crippen molar-refractivity contribution < 1.29 is 9.47 Å². The molecule has 0 amide bonds. The van der Waals surface area contributed by atoms with E-state index in [1.807, 2.05) is 48.9 Å². The van der Waals surface area contributed by atoms with Gasteiger partial charge in [0.1, 0.15) is 5.75 Å². The molecule has 0 bridgehead atoms. The number of nitrogens with one attached hydrogen (secondary N) is 1. The van der Waals surface area contributed by atoms with Gasteiger partial charge in [0.15, 0.2) is 0 Å². The Morgan fingerprint density at radius 2 is 2.18 bits per heavy atom. The van der Waals surface area contributed by atoms with Crippen molar-refractivity contribution in [2.45, 2.75) is 13.8 Å². The van der Waals surface area contributed by atoms with Crippen molar-refractivity contribution in [1.29, 1.82) is 5.41 Å². The highest BCUT2D eigenvalue weighted by molar-refractivity contribution is 5.89. The summed E-state index contributed by atoms with van der Waals surface area (Å²) >= 11 is 0. The molecule has 1 N–H and O–H groups in total. The van der Waals surface area contributed by atoms with Gasteiger partial charge in [-0.15, -0.1) is 12.4 Å². The van der Waals surface area contributed by atoms with Gasteiger partial charge in [-0.05, 0) is 37.6 Å². The first-order valence-corrected chi connectivity index (χ1v) is 6.72. The zero-order valence-electron chi connectivity index (χ0n) is 12.9. The lowest BCUT2D eigenvalue weighted by atomic mass is 10.1. The van der Waals surface area contributed by atoms with Crippen LogP contribution in [0.15, 0.2) is 36.8 Å². The minimum Gasteiger partial charge on any atom is -0.495 e. The molecule has 0 unspecified atom stereocenters. The Bertz CT molecular complexity index is 665. The molecule has 6 heteroatoms. The molecule has 1 heterocycles. The molecule has 0 saturated heterocycles. The van der Waals surface area contributed by atoms with E-state index < -0.39 is 0 Å². The number of aromatic nitrogens is 2. The lowest BCUT2D eigenvalue weighted by molar-refractivity contribution is 0.327. The normalized spacial score (nSPS) is 10.3. The number of methoxy groups -OCH3 is 1. The fourth-order valence-corrected chi connectivity index (χ4v) is 1.94. The highest BCUT2D eigenvalue weighted by Crippen LogP contribution is 2.25. The molecule has 0 spiro atoms. The molecule has 2 rings (SSSR count). The second-order valence-electron chi connectivity index (χ2n) is 4.48. The Balaban J connectivity index is 0.00000242. The smallest absolute Gasteiger partial charge is 0.205 e. The molecule has 5 nitrogen and oxygen atoms in total. The van der Waals surface area contributed by atoms with E-state index in [-0.39, 0.29) is 18.3 Å². The number of halogens is 1. The Hall–Kier alpha value is -2.27. The third-order valence-electron chi connectivity index (χ3n) is 2.92. The maximum Gasteiger partial charge on any atom is 0.205 e. The van der Waals surface area contributed by atoms with Gasteiger partial charge in [-0.2, -0.15) is 0 Å². The number of hydrogen-bond acceptors (Lipinski definition) is 4. The first-order chi connectivity index (χ1) is 10.1. The van der Waals surface area contributed by atoms with Crippen molar-refractivity contribution in [1.82, 2.24) is 9.55 Å². The number of rotatable bonds is 5. The van der Waals surface area contributed by atoms with Gasteiger partial charge in [-0.25, -0.2) is 4.98 Å². The lowest BCUT2D eigenvalue weighted by Crippen LogP contribution is -1.98. The van der Waals surface area contributed by atoms with Crippen molar-refractivity contribution in [3.8, 4) is 11.4 Å². The van der Waals surface area contributed by atoms with E-state index in [0.717, 1.165) is 22.7 Å². The van der Waals surface area contributed by atoms with Crippen molar-refractivity contribution in [3.63, 3.8) is 0 Å². The van der Waals surface area contributed by atoms with Crippen LogP contribution in [-0.4, -0.2) is 29.2 Å². The molecule has 1 aromatic carbocycles. The third-order valence-corrected chi connectivity index (χ3v) is 2.92. The summed E-state index contributed by atoms with van der Waals surface area (Å²) in [7, 11) is 1.64. The molecule has 2 aromatic rings. The standard InChI is InChI=1S/C16H19N3O2.ClH/c1-4-21-16(17)8-6-13-5-7-14(15(9-13)20-3)19-10-12(2)18-11-19;/h5-11,17H,4H2,1-3H3;1H/b8-6+,17-16?;. The van der Waals surface area contributed by atoms with Crippen LogP contribution in [0.2, 0.25) is 0 Å². The summed E-state index contributed by atoms with van der Waals surface area (Å²) in [6, 6.07) is 5.84. The van der Waals surface area contributed by atoms with Crippen LogP contribution in [0.25, 0.3) is 11.8 Å². The van der Waals surface area contributed by atoms with Gasteiger partial charge in [0.2, 0.25) is 5.90 Å². The molecule has 1 aromatic heterocycles. The number of imidazole rings is 1. The second-order valence-corrected chi connectivity index (χ2v) is 4.48. The van der Waals surface area contributed by atoms with Gasteiger partial charge in [-0.1, -0.05) is 6.07 Å². The van der Waals surface area contributed by atoms with Crippen LogP contribution in [0.5, 0.6) is 5.75 Å². The first kappa shape index (κ1) is 17.8. The largest absolute Gasteiger partial charge is 0.495 e. The second kappa shape index (κ2) is 8.24. The van der Waals surface area contributed by atoms with E-state index in [0.29, 0.717) is 6.61 Å². The summed E-state index contributed by atoms with van der Waals surface area (Å²) in [5.41, 5.74) is 2.82. The van der Waals surface area contributed by atoms with E-state index in [4.69, 9.17) is 14.9 Å². The number of aryl methyl sites for hydroxylation is 1. The number of nitrogens with zero attached hydrogens (tertiary/aromatic N) is 2. The minimum atomic E-state index is 0. The van der Waals surface area contributed by atoms with E-state index in [1.165, 1.54) is 0 Å². The highest BCUT2D eigenvalue weighted by Gasteiger charge is 2.06. The molecule has 0 aliphatic carbocycles. The van der Waals surface area contributed by atoms with Crippen LogP contribution in [-0.2, 0) is 4.74 Å². The number of benzene rings is 1. The lowest BCUT2D eigenvalue weighted by Gasteiger charge is -2.10. The maximum atomic E-state index is 7.56. The third kappa shape index (κ3) is 4.36. The quantitative estimate of drug-likeness (QED) is 0.675. The fraction of sp³-hybridized carbons (Fsp3) is 0.250. The fourth-order valence-electron chi connectivity index (χ4n) is 1.94. The first-order valence-electron chi connectivity index (χ1n) is 6.72. The number of ether oxygens (including phenoxy) is 2.